The molecule has 0 heterocycles. The summed E-state index contributed by atoms with van der Waals surface area (Å²) in [7, 11) is 0. The smallest absolute Gasteiger partial charge is 0.0493 e. The van der Waals surface area contributed by atoms with Gasteiger partial charge in [-0.3, -0.25) is 0 Å². The standard InChI is InChI=1S/C12H19NO2/c14-9-12(10-15)8-13-7-6-11-4-2-1-3-5-11/h1-5,12-15H,6-10H2. The van der Waals surface area contributed by atoms with Crippen LogP contribution in [0, 0.1) is 5.92 Å². The Hall–Kier alpha value is -0.900. The fourth-order valence-electron chi connectivity index (χ4n) is 1.37. The zero-order valence-electron chi connectivity index (χ0n) is 8.89. The third kappa shape index (κ3) is 4.93. The van der Waals surface area contributed by atoms with E-state index in [4.69, 9.17) is 10.2 Å². The minimum absolute atomic E-state index is 0.0365. The molecule has 84 valence electrons. The second-order valence-corrected chi connectivity index (χ2v) is 3.67. The summed E-state index contributed by atoms with van der Waals surface area (Å²) in [4.78, 5) is 0. The molecule has 0 atom stereocenters. The molecule has 15 heavy (non-hydrogen) atoms. The highest BCUT2D eigenvalue weighted by atomic mass is 16.3. The van der Waals surface area contributed by atoms with Crippen molar-refractivity contribution in [3.63, 3.8) is 0 Å². The Kier molecular flexibility index (Phi) is 6.00. The molecule has 0 fully saturated rings. The van der Waals surface area contributed by atoms with Crippen LogP contribution >= 0.6 is 0 Å². The van der Waals surface area contributed by atoms with Gasteiger partial charge in [-0.05, 0) is 18.5 Å². The third-order valence-electron chi connectivity index (χ3n) is 2.38. The number of aliphatic hydroxyl groups is 2. The maximum absolute atomic E-state index is 8.84. The molecule has 0 radical (unpaired) electrons. The first kappa shape index (κ1) is 12.2. The lowest BCUT2D eigenvalue weighted by atomic mass is 10.1. The summed E-state index contributed by atoms with van der Waals surface area (Å²) in [6.07, 6.45) is 0.977. The number of nitrogens with one attached hydrogen (secondary N) is 1. The van der Waals surface area contributed by atoms with Gasteiger partial charge in [0.25, 0.3) is 0 Å². The van der Waals surface area contributed by atoms with Crippen molar-refractivity contribution in [1.82, 2.24) is 5.32 Å². The van der Waals surface area contributed by atoms with Crippen LogP contribution in [0.25, 0.3) is 0 Å². The van der Waals surface area contributed by atoms with Crippen LogP contribution in [0.5, 0.6) is 0 Å². The molecule has 1 rings (SSSR count). The van der Waals surface area contributed by atoms with Gasteiger partial charge in [0.15, 0.2) is 0 Å². The van der Waals surface area contributed by atoms with Crippen molar-refractivity contribution in [2.45, 2.75) is 6.42 Å². The van der Waals surface area contributed by atoms with Crippen molar-refractivity contribution in [1.29, 1.82) is 0 Å². The summed E-state index contributed by atoms with van der Waals surface area (Å²) in [5.74, 6) is -0.0410. The molecule has 0 aliphatic heterocycles. The van der Waals surface area contributed by atoms with Crippen LogP contribution in [-0.4, -0.2) is 36.5 Å². The van der Waals surface area contributed by atoms with Gasteiger partial charge in [-0.25, -0.2) is 0 Å². The highest BCUT2D eigenvalue weighted by molar-refractivity contribution is 5.14. The summed E-state index contributed by atoms with van der Waals surface area (Å²) < 4.78 is 0. The van der Waals surface area contributed by atoms with Crippen LogP contribution in [0.1, 0.15) is 5.56 Å². The van der Waals surface area contributed by atoms with Gasteiger partial charge in [0.1, 0.15) is 0 Å². The average Bonchev–Trinajstić information content (AvgIpc) is 2.31. The van der Waals surface area contributed by atoms with E-state index in [0.29, 0.717) is 6.54 Å². The highest BCUT2D eigenvalue weighted by Gasteiger charge is 2.03. The van der Waals surface area contributed by atoms with Gasteiger partial charge in [0.2, 0.25) is 0 Å². The third-order valence-corrected chi connectivity index (χ3v) is 2.38. The first-order chi connectivity index (χ1) is 7.36. The van der Waals surface area contributed by atoms with Crippen molar-refractivity contribution in [3.05, 3.63) is 35.9 Å². The Balaban J connectivity index is 2.12. The van der Waals surface area contributed by atoms with Crippen molar-refractivity contribution >= 4 is 0 Å². The first-order valence-electron chi connectivity index (χ1n) is 5.33. The van der Waals surface area contributed by atoms with Gasteiger partial charge in [-0.15, -0.1) is 0 Å². The fourth-order valence-corrected chi connectivity index (χ4v) is 1.37. The number of aliphatic hydroxyl groups excluding tert-OH is 2. The van der Waals surface area contributed by atoms with Crippen molar-refractivity contribution < 1.29 is 10.2 Å². The summed E-state index contributed by atoms with van der Waals surface area (Å²) in [5, 5.41) is 20.9. The van der Waals surface area contributed by atoms with Gasteiger partial charge in [0, 0.05) is 25.7 Å². The van der Waals surface area contributed by atoms with Crippen LogP contribution in [0.4, 0.5) is 0 Å². The molecule has 0 saturated carbocycles. The summed E-state index contributed by atoms with van der Waals surface area (Å²) >= 11 is 0. The normalized spacial score (nSPS) is 10.9. The summed E-state index contributed by atoms with van der Waals surface area (Å²) in [6, 6.07) is 10.2. The molecule has 0 aromatic heterocycles. The number of benzene rings is 1. The van der Waals surface area contributed by atoms with Gasteiger partial charge < -0.3 is 15.5 Å². The monoisotopic (exact) mass is 209 g/mol. The van der Waals surface area contributed by atoms with Crippen LogP contribution in [0.15, 0.2) is 30.3 Å². The van der Waals surface area contributed by atoms with Crippen LogP contribution < -0.4 is 5.32 Å². The molecular formula is C12H19NO2. The van der Waals surface area contributed by atoms with E-state index >= 15 is 0 Å². The maximum atomic E-state index is 8.84. The quantitative estimate of drug-likeness (QED) is 0.570. The molecule has 0 aliphatic rings. The van der Waals surface area contributed by atoms with Crippen molar-refractivity contribution in [2.24, 2.45) is 5.92 Å². The Morgan fingerprint density at radius 3 is 2.33 bits per heavy atom. The van der Waals surface area contributed by atoms with E-state index < -0.39 is 0 Å². The Labute approximate surface area is 90.8 Å². The molecule has 0 spiro atoms. The second-order valence-electron chi connectivity index (χ2n) is 3.67. The predicted octanol–water partition coefficient (Wildman–Crippen LogP) is 0.419. The Morgan fingerprint density at radius 2 is 1.73 bits per heavy atom. The zero-order valence-corrected chi connectivity index (χ0v) is 8.89. The lowest BCUT2D eigenvalue weighted by Gasteiger charge is -2.11. The Morgan fingerprint density at radius 1 is 1.07 bits per heavy atom. The van der Waals surface area contributed by atoms with E-state index in [-0.39, 0.29) is 19.1 Å². The van der Waals surface area contributed by atoms with E-state index in [1.54, 1.807) is 0 Å². The molecule has 0 unspecified atom stereocenters. The lowest BCUT2D eigenvalue weighted by molar-refractivity contribution is 0.148. The highest BCUT2D eigenvalue weighted by Crippen LogP contribution is 1.98. The van der Waals surface area contributed by atoms with Crippen LogP contribution in [0.2, 0.25) is 0 Å². The molecule has 0 saturated heterocycles. The number of rotatable bonds is 7. The van der Waals surface area contributed by atoms with E-state index in [2.05, 4.69) is 17.4 Å². The molecule has 0 bridgehead atoms. The van der Waals surface area contributed by atoms with Crippen LogP contribution in [-0.2, 0) is 6.42 Å². The SMILES string of the molecule is OCC(CO)CNCCc1ccccc1. The first-order valence-corrected chi connectivity index (χ1v) is 5.33. The fraction of sp³-hybridized carbons (Fsp3) is 0.500. The largest absolute Gasteiger partial charge is 0.396 e. The second kappa shape index (κ2) is 7.40. The molecule has 1 aromatic carbocycles. The van der Waals surface area contributed by atoms with E-state index in [9.17, 15) is 0 Å². The minimum atomic E-state index is -0.0410. The van der Waals surface area contributed by atoms with Gasteiger partial charge in [-0.1, -0.05) is 30.3 Å². The lowest BCUT2D eigenvalue weighted by Crippen LogP contribution is -2.29. The number of hydrogen-bond acceptors (Lipinski definition) is 3. The van der Waals surface area contributed by atoms with E-state index in [1.807, 2.05) is 18.2 Å². The summed E-state index contributed by atoms with van der Waals surface area (Å²) in [5.41, 5.74) is 1.30. The minimum Gasteiger partial charge on any atom is -0.396 e. The molecule has 1 aromatic rings. The van der Waals surface area contributed by atoms with Gasteiger partial charge in [-0.2, -0.15) is 0 Å². The molecule has 3 heteroatoms. The van der Waals surface area contributed by atoms with Gasteiger partial charge in [0.05, 0.1) is 0 Å². The van der Waals surface area contributed by atoms with E-state index in [0.717, 1.165) is 13.0 Å². The molecule has 3 N–H and O–H groups in total. The van der Waals surface area contributed by atoms with Gasteiger partial charge >= 0.3 is 0 Å². The molecule has 0 aliphatic carbocycles. The van der Waals surface area contributed by atoms with Crippen LogP contribution in [0.3, 0.4) is 0 Å². The average molecular weight is 209 g/mol. The number of hydrogen-bond donors (Lipinski definition) is 3. The maximum Gasteiger partial charge on any atom is 0.0493 e. The predicted molar refractivity (Wildman–Crippen MR) is 60.7 cm³/mol. The zero-order chi connectivity index (χ0) is 10.9. The Bertz CT molecular complexity index is 247. The molecule has 0 amide bonds. The van der Waals surface area contributed by atoms with Crippen molar-refractivity contribution in [2.75, 3.05) is 26.3 Å². The summed E-state index contributed by atoms with van der Waals surface area (Å²) in [6.45, 7) is 1.62. The topological polar surface area (TPSA) is 52.5 Å². The molecule has 3 nitrogen and oxygen atoms in total. The van der Waals surface area contributed by atoms with E-state index in [1.165, 1.54) is 5.56 Å². The van der Waals surface area contributed by atoms with Crippen molar-refractivity contribution in [3.8, 4) is 0 Å². The molecular weight excluding hydrogens is 190 g/mol.